The predicted molar refractivity (Wildman–Crippen MR) is 118 cm³/mol. The first-order chi connectivity index (χ1) is 14.6. The zero-order valence-electron chi connectivity index (χ0n) is 18.3. The van der Waals surface area contributed by atoms with Crippen molar-refractivity contribution in [2.45, 2.75) is 71.1 Å². The summed E-state index contributed by atoms with van der Waals surface area (Å²) in [7, 11) is 0. The Bertz CT molecular complexity index is 731. The number of nitrogens with zero attached hydrogens (tertiary/aromatic N) is 1. The topological polar surface area (TPSA) is 98.0 Å². The van der Waals surface area contributed by atoms with Crippen LogP contribution in [0.15, 0.2) is 29.3 Å². The van der Waals surface area contributed by atoms with Gasteiger partial charge in [-0.2, -0.15) is 0 Å². The lowest BCUT2D eigenvalue weighted by Crippen LogP contribution is -2.66. The van der Waals surface area contributed by atoms with E-state index in [0.29, 0.717) is 24.4 Å². The number of aliphatic imine (C=N–C) groups is 1. The Hall–Kier alpha value is -2.28. The minimum Gasteiger partial charge on any atom is -0.484 e. The molecule has 0 aromatic heterocycles. The first-order valence-electron chi connectivity index (χ1n) is 11.2. The SMILES string of the molecule is CCNC(=NCc1cccc(OCC(N)=O)c1)NC1CC(OCC)C12CCCCC2. The van der Waals surface area contributed by atoms with Gasteiger partial charge in [-0.1, -0.05) is 31.4 Å². The molecule has 3 rings (SSSR count). The lowest BCUT2D eigenvalue weighted by molar-refractivity contribution is -0.145. The number of nitrogens with one attached hydrogen (secondary N) is 2. The summed E-state index contributed by atoms with van der Waals surface area (Å²) in [5, 5.41) is 7.08. The minimum atomic E-state index is -0.487. The third kappa shape index (κ3) is 5.45. The Morgan fingerprint density at radius 1 is 1.27 bits per heavy atom. The number of hydrogen-bond acceptors (Lipinski definition) is 4. The number of primary amides is 1. The average molecular weight is 417 g/mol. The first-order valence-corrected chi connectivity index (χ1v) is 11.2. The number of rotatable bonds is 9. The Labute approximate surface area is 179 Å². The van der Waals surface area contributed by atoms with Crippen LogP contribution in [0, 0.1) is 5.41 Å². The van der Waals surface area contributed by atoms with Crippen molar-refractivity contribution in [2.24, 2.45) is 16.1 Å². The van der Waals surface area contributed by atoms with E-state index < -0.39 is 5.91 Å². The average Bonchev–Trinajstić information content (AvgIpc) is 2.76. The molecule has 1 aromatic rings. The Balaban J connectivity index is 1.65. The Kier molecular flexibility index (Phi) is 7.96. The van der Waals surface area contributed by atoms with E-state index in [-0.39, 0.29) is 12.0 Å². The summed E-state index contributed by atoms with van der Waals surface area (Å²) in [6.45, 7) is 6.16. The molecule has 0 radical (unpaired) electrons. The van der Waals surface area contributed by atoms with Crippen molar-refractivity contribution < 1.29 is 14.3 Å². The molecule has 2 aliphatic carbocycles. The molecule has 1 amide bonds. The van der Waals surface area contributed by atoms with Crippen LogP contribution in [-0.4, -0.2) is 43.8 Å². The van der Waals surface area contributed by atoms with E-state index in [9.17, 15) is 4.79 Å². The molecule has 0 heterocycles. The largest absolute Gasteiger partial charge is 0.484 e. The van der Waals surface area contributed by atoms with E-state index in [1.54, 1.807) is 0 Å². The van der Waals surface area contributed by atoms with E-state index in [0.717, 1.165) is 31.1 Å². The highest BCUT2D eigenvalue weighted by molar-refractivity contribution is 5.80. The maximum atomic E-state index is 10.9. The summed E-state index contributed by atoms with van der Waals surface area (Å²) < 4.78 is 11.5. The lowest BCUT2D eigenvalue weighted by Gasteiger charge is -2.58. The van der Waals surface area contributed by atoms with Gasteiger partial charge in [0.1, 0.15) is 5.75 Å². The monoisotopic (exact) mass is 416 g/mol. The van der Waals surface area contributed by atoms with Gasteiger partial charge in [0.15, 0.2) is 12.6 Å². The fourth-order valence-corrected chi connectivity index (χ4v) is 4.81. The molecule has 2 fully saturated rings. The van der Waals surface area contributed by atoms with Crippen molar-refractivity contribution >= 4 is 11.9 Å². The number of ether oxygens (including phenoxy) is 2. The molecular weight excluding hydrogens is 380 g/mol. The van der Waals surface area contributed by atoms with Gasteiger partial charge < -0.3 is 25.8 Å². The molecule has 7 nitrogen and oxygen atoms in total. The maximum absolute atomic E-state index is 10.9. The Morgan fingerprint density at radius 3 is 2.77 bits per heavy atom. The van der Waals surface area contributed by atoms with Crippen molar-refractivity contribution in [1.82, 2.24) is 10.6 Å². The zero-order valence-corrected chi connectivity index (χ0v) is 18.3. The molecule has 2 unspecified atom stereocenters. The molecule has 0 bridgehead atoms. The van der Waals surface area contributed by atoms with Crippen molar-refractivity contribution in [1.29, 1.82) is 0 Å². The zero-order chi connectivity index (χ0) is 21.4. The van der Waals surface area contributed by atoms with Crippen molar-refractivity contribution in [2.75, 3.05) is 19.8 Å². The molecule has 30 heavy (non-hydrogen) atoms. The molecule has 4 N–H and O–H groups in total. The number of amides is 1. The van der Waals surface area contributed by atoms with Gasteiger partial charge in [0, 0.05) is 24.6 Å². The van der Waals surface area contributed by atoms with Gasteiger partial charge in [0.25, 0.3) is 5.91 Å². The third-order valence-corrected chi connectivity index (χ3v) is 6.29. The maximum Gasteiger partial charge on any atom is 0.255 e. The summed E-state index contributed by atoms with van der Waals surface area (Å²) >= 11 is 0. The summed E-state index contributed by atoms with van der Waals surface area (Å²) in [5.74, 6) is 0.976. The highest BCUT2D eigenvalue weighted by atomic mass is 16.5. The van der Waals surface area contributed by atoms with Crippen LogP contribution >= 0.6 is 0 Å². The van der Waals surface area contributed by atoms with E-state index in [4.69, 9.17) is 20.2 Å². The summed E-state index contributed by atoms with van der Waals surface area (Å²) in [6, 6.07) is 8.01. The molecule has 2 atom stereocenters. The van der Waals surface area contributed by atoms with Gasteiger partial charge in [0.05, 0.1) is 12.6 Å². The molecular formula is C23H36N4O3. The molecule has 2 saturated carbocycles. The second-order valence-corrected chi connectivity index (χ2v) is 8.27. The quantitative estimate of drug-likeness (QED) is 0.425. The molecule has 1 aromatic carbocycles. The Morgan fingerprint density at radius 2 is 2.07 bits per heavy atom. The van der Waals surface area contributed by atoms with Crippen LogP contribution in [0.25, 0.3) is 0 Å². The lowest BCUT2D eigenvalue weighted by atomic mass is 9.55. The second-order valence-electron chi connectivity index (χ2n) is 8.27. The van der Waals surface area contributed by atoms with Crippen LogP contribution < -0.4 is 21.1 Å². The summed E-state index contributed by atoms with van der Waals surface area (Å²) in [4.78, 5) is 15.7. The molecule has 7 heteroatoms. The van der Waals surface area contributed by atoms with E-state index >= 15 is 0 Å². The molecule has 0 saturated heterocycles. The first kappa shape index (κ1) is 22.4. The van der Waals surface area contributed by atoms with Crippen molar-refractivity contribution in [3.63, 3.8) is 0 Å². The third-order valence-electron chi connectivity index (χ3n) is 6.29. The number of carbonyl (C=O) groups is 1. The van der Waals surface area contributed by atoms with E-state index in [1.165, 1.54) is 32.1 Å². The molecule has 166 valence electrons. The fraction of sp³-hybridized carbons (Fsp3) is 0.652. The molecule has 0 aliphatic heterocycles. The normalized spacial score (nSPS) is 22.9. The van der Waals surface area contributed by atoms with Crippen LogP contribution in [-0.2, 0) is 16.1 Å². The number of benzene rings is 1. The van der Waals surface area contributed by atoms with E-state index in [1.807, 2.05) is 24.3 Å². The number of hydrogen-bond donors (Lipinski definition) is 3. The van der Waals surface area contributed by atoms with Crippen LogP contribution in [0.5, 0.6) is 5.75 Å². The van der Waals surface area contributed by atoms with Gasteiger partial charge in [0.2, 0.25) is 0 Å². The van der Waals surface area contributed by atoms with Crippen LogP contribution in [0.1, 0.15) is 57.9 Å². The predicted octanol–water partition coefficient (Wildman–Crippen LogP) is 2.73. The van der Waals surface area contributed by atoms with Crippen LogP contribution in [0.2, 0.25) is 0 Å². The van der Waals surface area contributed by atoms with Gasteiger partial charge in [-0.25, -0.2) is 4.99 Å². The van der Waals surface area contributed by atoms with Gasteiger partial charge in [-0.05, 0) is 50.8 Å². The van der Waals surface area contributed by atoms with Crippen LogP contribution in [0.3, 0.4) is 0 Å². The van der Waals surface area contributed by atoms with Crippen molar-refractivity contribution in [3.05, 3.63) is 29.8 Å². The van der Waals surface area contributed by atoms with Gasteiger partial charge in [-0.15, -0.1) is 0 Å². The van der Waals surface area contributed by atoms with Crippen molar-refractivity contribution in [3.8, 4) is 5.75 Å². The highest BCUT2D eigenvalue weighted by Crippen LogP contribution is 2.53. The smallest absolute Gasteiger partial charge is 0.255 e. The standard InChI is InChI=1S/C23H36N4O3/c1-3-25-22(26-15-17-9-8-10-18(13-17)30-16-21(24)28)27-19-14-20(29-4-2)23(19)11-6-5-7-12-23/h8-10,13,19-20H,3-7,11-12,14-16H2,1-2H3,(H2,24,28)(H2,25,26,27). The second kappa shape index (κ2) is 10.7. The van der Waals surface area contributed by atoms with E-state index in [2.05, 4.69) is 24.5 Å². The number of guanidine groups is 1. The molecule has 2 aliphatic rings. The van der Waals surface area contributed by atoms with Gasteiger partial charge >= 0.3 is 0 Å². The summed E-state index contributed by atoms with van der Waals surface area (Å²) in [5.41, 5.74) is 6.41. The minimum absolute atomic E-state index is 0.123. The van der Waals surface area contributed by atoms with Gasteiger partial charge in [-0.3, -0.25) is 4.79 Å². The molecule has 1 spiro atoms. The number of nitrogens with two attached hydrogens (primary N) is 1. The highest BCUT2D eigenvalue weighted by Gasteiger charge is 2.55. The summed E-state index contributed by atoms with van der Waals surface area (Å²) in [6.07, 6.45) is 7.76. The number of carbonyl (C=O) groups excluding carboxylic acids is 1. The fourth-order valence-electron chi connectivity index (χ4n) is 4.81. The van der Waals surface area contributed by atoms with Crippen LogP contribution in [0.4, 0.5) is 0 Å².